The van der Waals surface area contributed by atoms with Crippen LogP contribution in [0.3, 0.4) is 0 Å². The second-order valence-electron chi connectivity index (χ2n) is 6.40. The summed E-state index contributed by atoms with van der Waals surface area (Å²) >= 11 is 0. The van der Waals surface area contributed by atoms with E-state index in [4.69, 9.17) is 4.74 Å². The average molecular weight is 250 g/mol. The lowest BCUT2D eigenvalue weighted by Gasteiger charge is -2.32. The molecule has 3 rings (SSSR count). The number of nitrogens with zero attached hydrogens (tertiary/aromatic N) is 1. The van der Waals surface area contributed by atoms with Crippen LogP contribution in [0.25, 0.3) is 0 Å². The first-order valence-corrected chi connectivity index (χ1v) is 7.44. The van der Waals surface area contributed by atoms with Crippen molar-refractivity contribution in [1.82, 2.24) is 10.2 Å². The topological polar surface area (TPSA) is 24.5 Å². The van der Waals surface area contributed by atoms with Crippen molar-refractivity contribution in [2.45, 2.75) is 31.9 Å². The summed E-state index contributed by atoms with van der Waals surface area (Å²) < 4.78 is 5.81. The predicted octanol–water partition coefficient (Wildman–Crippen LogP) is 1.51. The Labute approximate surface area is 111 Å². The van der Waals surface area contributed by atoms with E-state index in [1.165, 1.54) is 12.8 Å². The number of allylic oxidation sites excluding steroid dienone is 2. The van der Waals surface area contributed by atoms with Gasteiger partial charge in [0.2, 0.25) is 0 Å². The molecule has 0 aromatic heterocycles. The number of hydrogen-bond acceptors (Lipinski definition) is 3. The summed E-state index contributed by atoms with van der Waals surface area (Å²) in [7, 11) is 2.18. The highest BCUT2D eigenvalue weighted by molar-refractivity contribution is 5.11. The van der Waals surface area contributed by atoms with Crippen molar-refractivity contribution in [1.29, 1.82) is 0 Å². The lowest BCUT2D eigenvalue weighted by Crippen LogP contribution is -2.47. The fraction of sp³-hybridized carbons (Fsp3) is 0.867. The Balaban J connectivity index is 1.44. The van der Waals surface area contributed by atoms with Crippen LogP contribution in [0.4, 0.5) is 0 Å². The van der Waals surface area contributed by atoms with Crippen molar-refractivity contribution in [2.24, 2.45) is 17.8 Å². The van der Waals surface area contributed by atoms with E-state index in [1.54, 1.807) is 0 Å². The van der Waals surface area contributed by atoms with Gasteiger partial charge in [0.25, 0.3) is 0 Å². The third-order valence-corrected chi connectivity index (χ3v) is 4.98. The van der Waals surface area contributed by atoms with Gasteiger partial charge in [0.1, 0.15) is 0 Å². The zero-order valence-corrected chi connectivity index (χ0v) is 11.6. The van der Waals surface area contributed by atoms with Crippen LogP contribution < -0.4 is 5.32 Å². The molecule has 0 aromatic carbocycles. The number of nitrogens with one attached hydrogen (secondary N) is 1. The summed E-state index contributed by atoms with van der Waals surface area (Å²) in [6.07, 6.45) is 8.04. The summed E-state index contributed by atoms with van der Waals surface area (Å²) in [4.78, 5) is 2.36. The molecule has 1 saturated carbocycles. The molecule has 0 aromatic rings. The molecule has 2 bridgehead atoms. The average Bonchev–Trinajstić information content (AvgIpc) is 2.98. The lowest BCUT2D eigenvalue weighted by molar-refractivity contribution is -0.0199. The van der Waals surface area contributed by atoms with Crippen LogP contribution in [0, 0.1) is 17.8 Å². The molecule has 102 valence electrons. The molecule has 18 heavy (non-hydrogen) atoms. The molecule has 3 aliphatic rings. The maximum atomic E-state index is 5.81. The SMILES string of the molecule is CC(NCC1CN(C)CCO1)C1CC2C=CC1C2. The van der Waals surface area contributed by atoms with Crippen LogP contribution in [0.1, 0.15) is 19.8 Å². The molecule has 1 N–H and O–H groups in total. The summed E-state index contributed by atoms with van der Waals surface area (Å²) in [6.45, 7) is 6.38. The Hall–Kier alpha value is -0.380. The minimum absolute atomic E-state index is 0.375. The molecule has 5 unspecified atom stereocenters. The van der Waals surface area contributed by atoms with Gasteiger partial charge in [-0.1, -0.05) is 12.2 Å². The van der Waals surface area contributed by atoms with Gasteiger partial charge in [0, 0.05) is 25.7 Å². The Morgan fingerprint density at radius 2 is 2.28 bits per heavy atom. The van der Waals surface area contributed by atoms with E-state index in [1.807, 2.05) is 0 Å². The maximum absolute atomic E-state index is 5.81. The van der Waals surface area contributed by atoms with Crippen molar-refractivity contribution < 1.29 is 4.74 Å². The van der Waals surface area contributed by atoms with Gasteiger partial charge in [-0.25, -0.2) is 0 Å². The monoisotopic (exact) mass is 250 g/mol. The molecule has 1 aliphatic heterocycles. The standard InChI is InChI=1S/C15H26N2O/c1-11(15-8-12-3-4-13(15)7-12)16-9-14-10-17(2)5-6-18-14/h3-4,11-16H,5-10H2,1-2H3. The normalized spacial score (nSPS) is 41.4. The Morgan fingerprint density at radius 3 is 2.94 bits per heavy atom. The molecule has 0 radical (unpaired) electrons. The zero-order chi connectivity index (χ0) is 12.5. The fourth-order valence-corrected chi connectivity index (χ4v) is 3.86. The Morgan fingerprint density at radius 1 is 1.39 bits per heavy atom. The van der Waals surface area contributed by atoms with Gasteiger partial charge in [-0.05, 0) is 44.6 Å². The molecule has 1 saturated heterocycles. The number of likely N-dealkylation sites (N-methyl/N-ethyl adjacent to an activating group) is 1. The second kappa shape index (κ2) is 5.32. The lowest BCUT2D eigenvalue weighted by atomic mass is 9.87. The van der Waals surface area contributed by atoms with Gasteiger partial charge < -0.3 is 15.0 Å². The third-order valence-electron chi connectivity index (χ3n) is 4.98. The molecule has 2 aliphatic carbocycles. The van der Waals surface area contributed by atoms with E-state index in [9.17, 15) is 0 Å². The van der Waals surface area contributed by atoms with E-state index in [-0.39, 0.29) is 0 Å². The van der Waals surface area contributed by atoms with Crippen molar-refractivity contribution in [3.63, 3.8) is 0 Å². The number of fused-ring (bicyclic) bond motifs is 2. The summed E-state index contributed by atoms with van der Waals surface area (Å²) in [5.74, 6) is 2.56. The quantitative estimate of drug-likeness (QED) is 0.765. The Kier molecular flexibility index (Phi) is 3.73. The highest BCUT2D eigenvalue weighted by Crippen LogP contribution is 2.44. The van der Waals surface area contributed by atoms with E-state index in [0.717, 1.165) is 44.0 Å². The molecule has 1 heterocycles. The molecule has 0 spiro atoms. The third kappa shape index (κ3) is 2.63. The van der Waals surface area contributed by atoms with Crippen LogP contribution in [0.15, 0.2) is 12.2 Å². The van der Waals surface area contributed by atoms with E-state index >= 15 is 0 Å². The molecule has 2 fully saturated rings. The zero-order valence-electron chi connectivity index (χ0n) is 11.6. The number of rotatable bonds is 4. The van der Waals surface area contributed by atoms with Crippen LogP contribution in [0.5, 0.6) is 0 Å². The van der Waals surface area contributed by atoms with E-state index in [0.29, 0.717) is 12.1 Å². The van der Waals surface area contributed by atoms with Crippen molar-refractivity contribution in [2.75, 3.05) is 33.3 Å². The second-order valence-corrected chi connectivity index (χ2v) is 6.40. The first-order valence-electron chi connectivity index (χ1n) is 7.44. The molecular formula is C15H26N2O. The maximum Gasteiger partial charge on any atom is 0.0826 e. The number of ether oxygens (including phenoxy) is 1. The fourth-order valence-electron chi connectivity index (χ4n) is 3.86. The van der Waals surface area contributed by atoms with Crippen LogP contribution >= 0.6 is 0 Å². The van der Waals surface area contributed by atoms with E-state index < -0.39 is 0 Å². The number of hydrogen-bond donors (Lipinski definition) is 1. The minimum Gasteiger partial charge on any atom is -0.374 e. The van der Waals surface area contributed by atoms with Crippen LogP contribution in [-0.2, 0) is 4.74 Å². The van der Waals surface area contributed by atoms with Gasteiger partial charge in [0.15, 0.2) is 0 Å². The predicted molar refractivity (Wildman–Crippen MR) is 73.5 cm³/mol. The molecule has 3 heteroatoms. The number of morpholine rings is 1. The summed E-state index contributed by atoms with van der Waals surface area (Å²) in [5, 5.41) is 3.71. The summed E-state index contributed by atoms with van der Waals surface area (Å²) in [6, 6.07) is 0.626. The van der Waals surface area contributed by atoms with Gasteiger partial charge in [0.05, 0.1) is 12.7 Å². The van der Waals surface area contributed by atoms with Crippen molar-refractivity contribution in [3.05, 3.63) is 12.2 Å². The van der Waals surface area contributed by atoms with Crippen LogP contribution in [0.2, 0.25) is 0 Å². The first kappa shape index (κ1) is 12.6. The van der Waals surface area contributed by atoms with Gasteiger partial charge in [-0.15, -0.1) is 0 Å². The first-order chi connectivity index (χ1) is 8.72. The largest absolute Gasteiger partial charge is 0.374 e. The van der Waals surface area contributed by atoms with Gasteiger partial charge in [-0.3, -0.25) is 0 Å². The Bertz CT molecular complexity index is 318. The van der Waals surface area contributed by atoms with Crippen molar-refractivity contribution in [3.8, 4) is 0 Å². The van der Waals surface area contributed by atoms with Gasteiger partial charge in [-0.2, -0.15) is 0 Å². The molecule has 3 nitrogen and oxygen atoms in total. The molecular weight excluding hydrogens is 224 g/mol. The van der Waals surface area contributed by atoms with Crippen LogP contribution in [-0.4, -0.2) is 50.3 Å². The van der Waals surface area contributed by atoms with E-state index in [2.05, 4.69) is 36.3 Å². The smallest absolute Gasteiger partial charge is 0.0826 e. The molecule has 0 amide bonds. The minimum atomic E-state index is 0.375. The highest BCUT2D eigenvalue weighted by atomic mass is 16.5. The summed E-state index contributed by atoms with van der Waals surface area (Å²) in [5.41, 5.74) is 0. The van der Waals surface area contributed by atoms with Gasteiger partial charge >= 0.3 is 0 Å². The highest BCUT2D eigenvalue weighted by Gasteiger charge is 2.38. The molecule has 5 atom stereocenters. The van der Waals surface area contributed by atoms with Crippen molar-refractivity contribution >= 4 is 0 Å².